The number of aromatic nitrogens is 2. The Kier molecular flexibility index (Phi) is 4.29. The van der Waals surface area contributed by atoms with Crippen molar-refractivity contribution in [3.63, 3.8) is 0 Å². The summed E-state index contributed by atoms with van der Waals surface area (Å²) in [5.74, 6) is 0.472. The highest BCUT2D eigenvalue weighted by molar-refractivity contribution is 5.63. The van der Waals surface area contributed by atoms with Crippen molar-refractivity contribution in [1.29, 1.82) is 0 Å². The molecule has 2 N–H and O–H groups in total. The monoisotopic (exact) mass is 325 g/mol. The van der Waals surface area contributed by atoms with Gasteiger partial charge < -0.3 is 10.1 Å². The van der Waals surface area contributed by atoms with Crippen LogP contribution in [0, 0.1) is 12.7 Å². The van der Waals surface area contributed by atoms with E-state index in [1.807, 2.05) is 6.92 Å². The third kappa shape index (κ3) is 3.43. The van der Waals surface area contributed by atoms with Crippen LogP contribution in [0.15, 0.2) is 53.3 Å². The van der Waals surface area contributed by atoms with Crippen molar-refractivity contribution in [1.82, 2.24) is 9.97 Å². The van der Waals surface area contributed by atoms with Crippen LogP contribution in [-0.2, 0) is 0 Å². The molecule has 0 fully saturated rings. The van der Waals surface area contributed by atoms with Gasteiger partial charge in [-0.3, -0.25) is 9.78 Å². The smallest absolute Gasteiger partial charge is 0.252 e. The van der Waals surface area contributed by atoms with E-state index in [9.17, 15) is 9.18 Å². The van der Waals surface area contributed by atoms with Crippen LogP contribution in [0.5, 0.6) is 5.75 Å². The first kappa shape index (κ1) is 15.7. The van der Waals surface area contributed by atoms with Gasteiger partial charge in [-0.15, -0.1) is 0 Å². The van der Waals surface area contributed by atoms with Crippen LogP contribution in [0.1, 0.15) is 5.56 Å². The summed E-state index contributed by atoms with van der Waals surface area (Å²) in [6.07, 6.45) is 0. The lowest BCUT2D eigenvalue weighted by Crippen LogP contribution is -2.11. The van der Waals surface area contributed by atoms with Gasteiger partial charge in [-0.1, -0.05) is 6.07 Å². The molecular weight excluding hydrogens is 309 g/mol. The van der Waals surface area contributed by atoms with Crippen molar-refractivity contribution in [2.75, 3.05) is 12.4 Å². The number of nitrogens with zero attached hydrogens (tertiary/aromatic N) is 1. The summed E-state index contributed by atoms with van der Waals surface area (Å²) in [5.41, 5.74) is 2.07. The van der Waals surface area contributed by atoms with Crippen LogP contribution in [0.25, 0.3) is 11.3 Å². The minimum absolute atomic E-state index is 0.179. The highest BCUT2D eigenvalue weighted by Crippen LogP contribution is 2.22. The molecule has 3 aromatic rings. The fourth-order valence-electron chi connectivity index (χ4n) is 2.29. The molecule has 0 amide bonds. The second-order valence-electron chi connectivity index (χ2n) is 5.32. The Bertz CT molecular complexity index is 920. The second kappa shape index (κ2) is 6.54. The van der Waals surface area contributed by atoms with Crippen LogP contribution < -0.4 is 15.6 Å². The Hall–Kier alpha value is -3.15. The molecule has 3 rings (SSSR count). The molecule has 0 radical (unpaired) electrons. The van der Waals surface area contributed by atoms with Crippen LogP contribution in [-0.4, -0.2) is 17.1 Å². The second-order valence-corrected chi connectivity index (χ2v) is 5.32. The van der Waals surface area contributed by atoms with Gasteiger partial charge in [0.2, 0.25) is 5.95 Å². The summed E-state index contributed by atoms with van der Waals surface area (Å²) in [7, 11) is 1.58. The standard InChI is InChI=1S/C18H16FN3O2/c1-11-3-8-14(19)16(9-11)21-18-20-15(10-17(23)22-18)12-4-6-13(24-2)7-5-12/h3-10H,1-2H3,(H2,20,21,22,23). The van der Waals surface area contributed by atoms with E-state index in [1.165, 1.54) is 12.1 Å². The van der Waals surface area contributed by atoms with Gasteiger partial charge in [-0.05, 0) is 48.9 Å². The van der Waals surface area contributed by atoms with Gasteiger partial charge in [0.15, 0.2) is 0 Å². The maximum atomic E-state index is 13.9. The van der Waals surface area contributed by atoms with Gasteiger partial charge in [-0.2, -0.15) is 0 Å². The highest BCUT2D eigenvalue weighted by Gasteiger charge is 2.08. The first-order chi connectivity index (χ1) is 11.5. The molecule has 0 unspecified atom stereocenters. The van der Waals surface area contributed by atoms with Crippen molar-refractivity contribution in [2.24, 2.45) is 0 Å². The SMILES string of the molecule is COc1ccc(-c2cc(=O)[nH]c(Nc3cc(C)ccc3F)n2)cc1. The van der Waals surface area contributed by atoms with Crippen LogP contribution in [0.2, 0.25) is 0 Å². The van der Waals surface area contributed by atoms with E-state index in [0.29, 0.717) is 11.4 Å². The predicted octanol–water partition coefficient (Wildman–Crippen LogP) is 3.64. The number of benzene rings is 2. The third-order valence-electron chi connectivity index (χ3n) is 3.50. The molecule has 5 nitrogen and oxygen atoms in total. The van der Waals surface area contributed by atoms with Crippen molar-refractivity contribution in [3.8, 4) is 17.0 Å². The van der Waals surface area contributed by atoms with Crippen LogP contribution in [0.3, 0.4) is 0 Å². The summed E-state index contributed by atoms with van der Waals surface area (Å²) in [6, 6.07) is 13.2. The summed E-state index contributed by atoms with van der Waals surface area (Å²) in [4.78, 5) is 18.8. The summed E-state index contributed by atoms with van der Waals surface area (Å²) in [6.45, 7) is 1.86. The number of rotatable bonds is 4. The quantitative estimate of drug-likeness (QED) is 0.768. The highest BCUT2D eigenvalue weighted by atomic mass is 19.1. The van der Waals surface area contributed by atoms with E-state index >= 15 is 0 Å². The third-order valence-corrected chi connectivity index (χ3v) is 3.50. The first-order valence-corrected chi connectivity index (χ1v) is 7.34. The van der Waals surface area contributed by atoms with Gasteiger partial charge in [0.1, 0.15) is 11.6 Å². The Morgan fingerprint density at radius 2 is 1.88 bits per heavy atom. The lowest BCUT2D eigenvalue weighted by Gasteiger charge is -2.09. The van der Waals surface area contributed by atoms with Crippen LogP contribution in [0.4, 0.5) is 16.0 Å². The number of nitrogens with one attached hydrogen (secondary N) is 2. The molecule has 0 saturated carbocycles. The van der Waals surface area contributed by atoms with Crippen molar-refractivity contribution < 1.29 is 9.13 Å². The molecule has 0 aliphatic rings. The van der Waals surface area contributed by atoms with E-state index in [4.69, 9.17) is 4.74 Å². The Morgan fingerprint density at radius 3 is 2.58 bits per heavy atom. The lowest BCUT2D eigenvalue weighted by atomic mass is 10.1. The number of hydrogen-bond acceptors (Lipinski definition) is 4. The first-order valence-electron chi connectivity index (χ1n) is 7.34. The Balaban J connectivity index is 1.96. The van der Waals surface area contributed by atoms with E-state index in [1.54, 1.807) is 43.5 Å². The number of halogens is 1. The van der Waals surface area contributed by atoms with Crippen molar-refractivity contribution in [3.05, 3.63) is 70.3 Å². The van der Waals surface area contributed by atoms with Gasteiger partial charge in [0.25, 0.3) is 5.56 Å². The van der Waals surface area contributed by atoms with E-state index in [2.05, 4.69) is 15.3 Å². The minimum atomic E-state index is -0.418. The number of hydrogen-bond donors (Lipinski definition) is 2. The van der Waals surface area contributed by atoms with Gasteiger partial charge in [0.05, 0.1) is 18.5 Å². The molecule has 0 saturated heterocycles. The Labute approximate surface area is 138 Å². The minimum Gasteiger partial charge on any atom is -0.497 e. The van der Waals surface area contributed by atoms with E-state index < -0.39 is 5.82 Å². The molecular formula is C18H16FN3O2. The lowest BCUT2D eigenvalue weighted by molar-refractivity contribution is 0.415. The zero-order valence-corrected chi connectivity index (χ0v) is 13.3. The van der Waals surface area contributed by atoms with Gasteiger partial charge in [0, 0.05) is 11.6 Å². The molecule has 6 heteroatoms. The molecule has 122 valence electrons. The van der Waals surface area contributed by atoms with Crippen molar-refractivity contribution >= 4 is 11.6 Å². The maximum Gasteiger partial charge on any atom is 0.252 e. The summed E-state index contributed by atoms with van der Waals surface area (Å²) in [5, 5.41) is 2.82. The molecule has 0 aliphatic carbocycles. The molecule has 0 atom stereocenters. The zero-order chi connectivity index (χ0) is 17.1. The summed E-state index contributed by atoms with van der Waals surface area (Å²) >= 11 is 0. The number of methoxy groups -OCH3 is 1. The number of aromatic amines is 1. The number of anilines is 2. The molecule has 1 aromatic heterocycles. The van der Waals surface area contributed by atoms with Gasteiger partial charge >= 0.3 is 0 Å². The largest absolute Gasteiger partial charge is 0.497 e. The maximum absolute atomic E-state index is 13.9. The number of H-pyrrole nitrogens is 1. The molecule has 1 heterocycles. The number of ether oxygens (including phenoxy) is 1. The van der Waals surface area contributed by atoms with Crippen LogP contribution >= 0.6 is 0 Å². The average molecular weight is 325 g/mol. The molecule has 0 spiro atoms. The summed E-state index contributed by atoms with van der Waals surface area (Å²) < 4.78 is 19.0. The fourth-order valence-corrected chi connectivity index (χ4v) is 2.29. The van der Waals surface area contributed by atoms with Gasteiger partial charge in [-0.25, -0.2) is 9.37 Å². The zero-order valence-electron chi connectivity index (χ0n) is 13.3. The van der Waals surface area contributed by atoms with E-state index in [0.717, 1.165) is 11.1 Å². The molecule has 24 heavy (non-hydrogen) atoms. The fraction of sp³-hybridized carbons (Fsp3) is 0.111. The van der Waals surface area contributed by atoms with E-state index in [-0.39, 0.29) is 17.2 Å². The molecule has 2 aromatic carbocycles. The normalized spacial score (nSPS) is 10.5. The predicted molar refractivity (Wildman–Crippen MR) is 91.3 cm³/mol. The number of aryl methyl sites for hydroxylation is 1. The molecule has 0 bridgehead atoms. The Morgan fingerprint density at radius 1 is 1.12 bits per heavy atom. The average Bonchev–Trinajstić information content (AvgIpc) is 2.58. The molecule has 0 aliphatic heterocycles. The van der Waals surface area contributed by atoms with Crippen molar-refractivity contribution in [2.45, 2.75) is 6.92 Å². The topological polar surface area (TPSA) is 67.0 Å².